The van der Waals surface area contributed by atoms with Crippen LogP contribution >= 0.6 is 0 Å². The summed E-state index contributed by atoms with van der Waals surface area (Å²) in [7, 11) is 1.90. The second kappa shape index (κ2) is 6.31. The molecule has 1 N–H and O–H groups in total. The highest BCUT2D eigenvalue weighted by atomic mass is 16.6. The molecule has 0 bridgehead atoms. The van der Waals surface area contributed by atoms with E-state index in [0.29, 0.717) is 5.69 Å². The zero-order chi connectivity index (χ0) is 16.2. The Bertz CT molecular complexity index is 814. The summed E-state index contributed by atoms with van der Waals surface area (Å²) in [5.41, 5.74) is 1.50. The number of hydrogen-bond donors (Lipinski definition) is 1. The average Bonchev–Trinajstić information content (AvgIpc) is 2.99. The van der Waals surface area contributed by atoms with Crippen molar-refractivity contribution < 1.29 is 4.92 Å². The summed E-state index contributed by atoms with van der Waals surface area (Å²) >= 11 is 0. The third-order valence-electron chi connectivity index (χ3n) is 3.65. The first-order chi connectivity index (χ1) is 11.2. The van der Waals surface area contributed by atoms with Gasteiger partial charge in [0.1, 0.15) is 17.6 Å². The maximum atomic E-state index is 11.2. The Balaban J connectivity index is 2.04. The first-order valence-corrected chi connectivity index (χ1v) is 7.19. The minimum absolute atomic E-state index is 0.0441. The van der Waals surface area contributed by atoms with Gasteiger partial charge < -0.3 is 9.88 Å². The second-order valence-corrected chi connectivity index (χ2v) is 5.16. The van der Waals surface area contributed by atoms with Crippen molar-refractivity contribution in [3.63, 3.8) is 0 Å². The van der Waals surface area contributed by atoms with E-state index in [9.17, 15) is 10.1 Å². The lowest BCUT2D eigenvalue weighted by atomic mass is 10.1. The van der Waals surface area contributed by atoms with E-state index >= 15 is 0 Å². The molecule has 2 aromatic carbocycles. The summed E-state index contributed by atoms with van der Waals surface area (Å²) in [5, 5.41) is 14.5. The van der Waals surface area contributed by atoms with Crippen LogP contribution in [0, 0.1) is 10.1 Å². The lowest BCUT2D eigenvalue weighted by Gasteiger charge is -2.20. The molecule has 3 aromatic rings. The Morgan fingerprint density at radius 1 is 1.13 bits per heavy atom. The molecule has 1 atom stereocenters. The standard InChI is InChI=1S/C17H16N4O2/c1-20-12-11-18-17(20)16(13-7-3-2-4-8-13)19-14-9-5-6-10-15(14)21(22)23/h2-12,16,19H,1H3. The molecule has 0 spiro atoms. The topological polar surface area (TPSA) is 73.0 Å². The van der Waals surface area contributed by atoms with Crippen LogP contribution in [0.15, 0.2) is 67.0 Å². The third-order valence-corrected chi connectivity index (χ3v) is 3.65. The van der Waals surface area contributed by atoms with Crippen LogP contribution in [-0.2, 0) is 7.05 Å². The lowest BCUT2D eigenvalue weighted by Crippen LogP contribution is -2.17. The van der Waals surface area contributed by atoms with Gasteiger partial charge in [0.05, 0.1) is 4.92 Å². The molecule has 0 radical (unpaired) electrons. The van der Waals surface area contributed by atoms with Crippen LogP contribution in [0.1, 0.15) is 17.4 Å². The minimum atomic E-state index is -0.386. The largest absolute Gasteiger partial charge is 0.366 e. The highest BCUT2D eigenvalue weighted by molar-refractivity contribution is 5.62. The quantitative estimate of drug-likeness (QED) is 0.578. The van der Waals surface area contributed by atoms with Crippen LogP contribution in [0.25, 0.3) is 0 Å². The Morgan fingerprint density at radius 3 is 2.48 bits per heavy atom. The summed E-state index contributed by atoms with van der Waals surface area (Å²) in [6.07, 6.45) is 3.57. The Kier molecular flexibility index (Phi) is 4.05. The molecule has 0 amide bonds. The second-order valence-electron chi connectivity index (χ2n) is 5.16. The molecule has 0 aliphatic heterocycles. The number of anilines is 1. The number of nitrogens with zero attached hydrogens (tertiary/aromatic N) is 3. The van der Waals surface area contributed by atoms with Crippen LogP contribution in [0.4, 0.5) is 11.4 Å². The lowest BCUT2D eigenvalue weighted by molar-refractivity contribution is -0.384. The summed E-state index contributed by atoms with van der Waals surface area (Å²) in [4.78, 5) is 15.2. The summed E-state index contributed by atoms with van der Waals surface area (Å²) < 4.78 is 1.90. The van der Waals surface area contributed by atoms with Gasteiger partial charge in [-0.3, -0.25) is 10.1 Å². The van der Waals surface area contributed by atoms with Crippen LogP contribution in [0.3, 0.4) is 0 Å². The minimum Gasteiger partial charge on any atom is -0.366 e. The van der Waals surface area contributed by atoms with Gasteiger partial charge >= 0.3 is 0 Å². The van der Waals surface area contributed by atoms with Crippen molar-refractivity contribution in [1.82, 2.24) is 9.55 Å². The van der Waals surface area contributed by atoms with Crippen molar-refractivity contribution in [3.8, 4) is 0 Å². The maximum absolute atomic E-state index is 11.2. The number of aromatic nitrogens is 2. The van der Waals surface area contributed by atoms with Gasteiger partial charge in [0, 0.05) is 25.5 Å². The molecule has 1 heterocycles. The van der Waals surface area contributed by atoms with Crippen LogP contribution < -0.4 is 5.32 Å². The van der Waals surface area contributed by atoms with Crippen molar-refractivity contribution in [2.45, 2.75) is 6.04 Å². The van der Waals surface area contributed by atoms with Gasteiger partial charge in [0.15, 0.2) is 0 Å². The van der Waals surface area contributed by atoms with E-state index in [1.54, 1.807) is 24.4 Å². The molecule has 0 saturated heterocycles. The highest BCUT2D eigenvalue weighted by Gasteiger charge is 2.22. The monoisotopic (exact) mass is 308 g/mol. The van der Waals surface area contributed by atoms with E-state index < -0.39 is 0 Å². The molecular weight excluding hydrogens is 292 g/mol. The fraction of sp³-hybridized carbons (Fsp3) is 0.118. The first-order valence-electron chi connectivity index (χ1n) is 7.19. The maximum Gasteiger partial charge on any atom is 0.292 e. The Labute approximate surface area is 133 Å². The molecule has 116 valence electrons. The van der Waals surface area contributed by atoms with Gasteiger partial charge in [-0.25, -0.2) is 4.98 Å². The van der Waals surface area contributed by atoms with Crippen molar-refractivity contribution in [3.05, 3.63) is 88.5 Å². The third kappa shape index (κ3) is 3.06. The first kappa shape index (κ1) is 14.8. The fourth-order valence-corrected chi connectivity index (χ4v) is 2.51. The fourth-order valence-electron chi connectivity index (χ4n) is 2.51. The van der Waals surface area contributed by atoms with Crippen molar-refractivity contribution in [1.29, 1.82) is 0 Å². The van der Waals surface area contributed by atoms with Crippen LogP contribution in [0.2, 0.25) is 0 Å². The summed E-state index contributed by atoms with van der Waals surface area (Å²) in [6, 6.07) is 16.1. The molecule has 1 aromatic heterocycles. The summed E-state index contributed by atoms with van der Waals surface area (Å²) in [6.45, 7) is 0. The van der Waals surface area contributed by atoms with Crippen molar-refractivity contribution in [2.75, 3.05) is 5.32 Å². The summed E-state index contributed by atoms with van der Waals surface area (Å²) in [5.74, 6) is 0.786. The SMILES string of the molecule is Cn1ccnc1C(Nc1ccccc1[N+](=O)[O-])c1ccccc1. The number of para-hydroxylation sites is 2. The smallest absolute Gasteiger partial charge is 0.292 e. The zero-order valence-electron chi connectivity index (χ0n) is 12.6. The normalized spacial score (nSPS) is 11.9. The van der Waals surface area contributed by atoms with Crippen LogP contribution in [0.5, 0.6) is 0 Å². The number of rotatable bonds is 5. The number of nitro groups is 1. The molecule has 1 unspecified atom stereocenters. The predicted molar refractivity (Wildman–Crippen MR) is 88.2 cm³/mol. The van der Waals surface area contributed by atoms with E-state index in [4.69, 9.17) is 0 Å². The Hall–Kier alpha value is -3.15. The highest BCUT2D eigenvalue weighted by Crippen LogP contribution is 2.30. The average molecular weight is 308 g/mol. The van der Waals surface area contributed by atoms with Crippen molar-refractivity contribution >= 4 is 11.4 Å². The van der Waals surface area contributed by atoms with Gasteiger partial charge in [-0.15, -0.1) is 0 Å². The molecular formula is C17H16N4O2. The number of imidazole rings is 1. The molecule has 6 heteroatoms. The molecule has 0 saturated carbocycles. The van der Waals surface area contributed by atoms with Crippen LogP contribution in [-0.4, -0.2) is 14.5 Å². The van der Waals surface area contributed by atoms with E-state index in [1.165, 1.54) is 6.07 Å². The zero-order valence-corrected chi connectivity index (χ0v) is 12.6. The van der Waals surface area contributed by atoms with Gasteiger partial charge in [0.25, 0.3) is 5.69 Å². The Morgan fingerprint density at radius 2 is 1.83 bits per heavy atom. The number of aryl methyl sites for hydroxylation is 1. The van der Waals surface area contributed by atoms with Crippen molar-refractivity contribution in [2.24, 2.45) is 7.05 Å². The molecule has 23 heavy (non-hydrogen) atoms. The van der Waals surface area contributed by atoms with E-state index in [1.807, 2.05) is 48.1 Å². The molecule has 3 rings (SSSR count). The van der Waals surface area contributed by atoms with Gasteiger partial charge in [-0.2, -0.15) is 0 Å². The number of hydrogen-bond acceptors (Lipinski definition) is 4. The molecule has 0 fully saturated rings. The van der Waals surface area contributed by atoms with E-state index in [0.717, 1.165) is 11.4 Å². The predicted octanol–water partition coefficient (Wildman–Crippen LogP) is 3.53. The number of nitro benzene ring substituents is 1. The van der Waals surface area contributed by atoms with Gasteiger partial charge in [0.2, 0.25) is 0 Å². The van der Waals surface area contributed by atoms with Gasteiger partial charge in [-0.1, -0.05) is 42.5 Å². The molecule has 0 aliphatic carbocycles. The van der Waals surface area contributed by atoms with Gasteiger partial charge in [-0.05, 0) is 11.6 Å². The van der Waals surface area contributed by atoms with E-state index in [-0.39, 0.29) is 16.7 Å². The molecule has 0 aliphatic rings. The number of nitrogens with one attached hydrogen (secondary N) is 1. The van der Waals surface area contributed by atoms with E-state index in [2.05, 4.69) is 10.3 Å². The molecule has 6 nitrogen and oxygen atoms in total. The number of benzene rings is 2.